The molecule has 1 spiro atoms. The van der Waals surface area contributed by atoms with Gasteiger partial charge in [-0.05, 0) is 24.6 Å². The number of benzene rings is 3. The van der Waals surface area contributed by atoms with E-state index < -0.39 is 27.4 Å². The molecule has 0 radical (unpaired) electrons. The van der Waals surface area contributed by atoms with E-state index in [0.29, 0.717) is 11.1 Å². The van der Waals surface area contributed by atoms with Crippen LogP contribution in [0.25, 0.3) is 6.08 Å². The number of carbonyl (C=O) groups is 2. The van der Waals surface area contributed by atoms with E-state index in [4.69, 9.17) is 0 Å². The fourth-order valence-corrected chi connectivity index (χ4v) is 6.94. The monoisotopic (exact) mass is 483 g/mol. The minimum Gasteiger partial charge on any atom is -0.293 e. The van der Waals surface area contributed by atoms with Crippen molar-refractivity contribution in [3.8, 4) is 0 Å². The molecule has 5 rings (SSSR count). The van der Waals surface area contributed by atoms with Crippen molar-refractivity contribution in [2.45, 2.75) is 17.9 Å². The van der Waals surface area contributed by atoms with Crippen LogP contribution in [0, 0.1) is 18.3 Å². The molecule has 35 heavy (non-hydrogen) atoms. The lowest BCUT2D eigenvalue weighted by Gasteiger charge is -2.32. The number of ketones is 2. The molecule has 1 heterocycles. The van der Waals surface area contributed by atoms with Gasteiger partial charge in [0.05, 0.1) is 10.9 Å². The molecule has 3 aromatic carbocycles. The van der Waals surface area contributed by atoms with Gasteiger partial charge in [-0.25, -0.2) is 8.42 Å². The van der Waals surface area contributed by atoms with Gasteiger partial charge in [0.25, 0.3) is 0 Å². The molecule has 0 saturated carbocycles. The summed E-state index contributed by atoms with van der Waals surface area (Å²) in [4.78, 5) is 28.0. The van der Waals surface area contributed by atoms with Crippen LogP contribution in [0.2, 0.25) is 0 Å². The van der Waals surface area contributed by atoms with E-state index in [2.05, 4.69) is 6.58 Å². The van der Waals surface area contributed by atoms with Gasteiger partial charge in [-0.3, -0.25) is 9.59 Å². The van der Waals surface area contributed by atoms with Gasteiger partial charge in [0.2, 0.25) is 10.0 Å². The van der Waals surface area contributed by atoms with Gasteiger partial charge in [-0.15, -0.1) is 6.58 Å². The van der Waals surface area contributed by atoms with Gasteiger partial charge in [0.15, 0.2) is 11.6 Å². The maximum atomic E-state index is 14.0. The number of sulfonamides is 1. The number of rotatable bonds is 5. The molecule has 2 atom stereocenters. The second kappa shape index (κ2) is 8.56. The first-order valence-electron chi connectivity index (χ1n) is 11.4. The smallest absolute Gasteiger partial charge is 0.243 e. The Hall–Kier alpha value is -3.61. The average Bonchev–Trinajstić information content (AvgIpc) is 3.33. The number of hydrogen-bond acceptors (Lipinski definition) is 4. The third-order valence-electron chi connectivity index (χ3n) is 7.09. The van der Waals surface area contributed by atoms with E-state index in [1.807, 2.05) is 37.3 Å². The molecular formula is C29H25NO4S. The van der Waals surface area contributed by atoms with Gasteiger partial charge in [0, 0.05) is 23.6 Å². The molecule has 1 aliphatic heterocycles. The highest BCUT2D eigenvalue weighted by molar-refractivity contribution is 7.89. The maximum absolute atomic E-state index is 14.0. The van der Waals surface area contributed by atoms with Crippen molar-refractivity contribution in [1.29, 1.82) is 0 Å². The zero-order valence-corrected chi connectivity index (χ0v) is 20.1. The highest BCUT2D eigenvalue weighted by Crippen LogP contribution is 2.53. The predicted octanol–water partition coefficient (Wildman–Crippen LogP) is 4.95. The Kier molecular flexibility index (Phi) is 5.66. The van der Waals surface area contributed by atoms with Gasteiger partial charge in [-0.1, -0.05) is 90.5 Å². The molecule has 1 saturated heterocycles. The average molecular weight is 484 g/mol. The Morgan fingerprint density at radius 2 is 1.46 bits per heavy atom. The molecule has 176 valence electrons. The van der Waals surface area contributed by atoms with Crippen LogP contribution in [0.3, 0.4) is 0 Å². The summed E-state index contributed by atoms with van der Waals surface area (Å²) < 4.78 is 29.1. The predicted molar refractivity (Wildman–Crippen MR) is 136 cm³/mol. The summed E-state index contributed by atoms with van der Waals surface area (Å²) in [5.74, 6) is -1.39. The van der Waals surface area contributed by atoms with Crippen LogP contribution < -0.4 is 0 Å². The molecule has 1 aliphatic carbocycles. The second-order valence-corrected chi connectivity index (χ2v) is 10.9. The van der Waals surface area contributed by atoms with Crippen molar-refractivity contribution in [3.63, 3.8) is 0 Å². The van der Waals surface area contributed by atoms with Gasteiger partial charge < -0.3 is 0 Å². The lowest BCUT2D eigenvalue weighted by Crippen LogP contribution is -2.49. The quantitative estimate of drug-likeness (QED) is 0.380. The van der Waals surface area contributed by atoms with Crippen LogP contribution in [0.15, 0.2) is 102 Å². The largest absolute Gasteiger partial charge is 0.293 e. The molecule has 0 aromatic heterocycles. The van der Waals surface area contributed by atoms with E-state index in [1.165, 1.54) is 4.31 Å². The van der Waals surface area contributed by atoms with E-state index in [-0.39, 0.29) is 23.0 Å². The minimum atomic E-state index is -4.02. The van der Waals surface area contributed by atoms with Crippen molar-refractivity contribution >= 4 is 27.7 Å². The molecule has 3 aromatic rings. The van der Waals surface area contributed by atoms with Gasteiger partial charge in [0.1, 0.15) is 5.41 Å². The Bertz CT molecular complexity index is 1420. The third-order valence-corrected chi connectivity index (χ3v) is 8.95. The summed E-state index contributed by atoms with van der Waals surface area (Å²) >= 11 is 0. The Morgan fingerprint density at radius 3 is 2.03 bits per heavy atom. The van der Waals surface area contributed by atoms with Crippen LogP contribution in [-0.4, -0.2) is 36.9 Å². The molecule has 2 aliphatic rings. The summed E-state index contributed by atoms with van der Waals surface area (Å²) in [5.41, 5.74) is 0.832. The number of nitrogens with zero attached hydrogens (tertiary/aromatic N) is 1. The first-order valence-corrected chi connectivity index (χ1v) is 12.9. The normalized spacial score (nSPS) is 21.6. The van der Waals surface area contributed by atoms with Crippen molar-refractivity contribution < 1.29 is 18.0 Å². The van der Waals surface area contributed by atoms with Crippen LogP contribution in [0.1, 0.15) is 31.8 Å². The van der Waals surface area contributed by atoms with Crippen LogP contribution in [0.4, 0.5) is 0 Å². The van der Waals surface area contributed by atoms with Gasteiger partial charge in [-0.2, -0.15) is 4.31 Å². The summed E-state index contributed by atoms with van der Waals surface area (Å²) in [6.45, 7) is 5.76. The maximum Gasteiger partial charge on any atom is 0.243 e. The summed E-state index contributed by atoms with van der Waals surface area (Å²) in [6, 6.07) is 21.7. The van der Waals surface area contributed by atoms with Gasteiger partial charge >= 0.3 is 0 Å². The number of Topliss-reactive ketones (excluding diaryl/α,β-unsaturated/α-hetero) is 2. The van der Waals surface area contributed by atoms with E-state index in [1.54, 1.807) is 66.8 Å². The summed E-state index contributed by atoms with van der Waals surface area (Å²) in [7, 11) is -4.02. The zero-order valence-electron chi connectivity index (χ0n) is 19.3. The van der Waals surface area contributed by atoms with Crippen LogP contribution in [-0.2, 0) is 10.0 Å². The number of carbonyl (C=O) groups excluding carboxylic acids is 2. The molecule has 1 fully saturated rings. The highest BCUT2D eigenvalue weighted by Gasteiger charge is 2.67. The molecule has 0 bridgehead atoms. The van der Waals surface area contributed by atoms with Crippen molar-refractivity contribution in [2.75, 3.05) is 6.54 Å². The zero-order chi connectivity index (χ0) is 24.8. The standard InChI is InChI=1S/C29H25NO4S/c1-3-22-19-30(35(33,34)23-16-13-20(2)14-17-23)26(18-15-21-9-5-4-6-10-21)29(22)27(31)24-11-7-8-12-25(24)28(29)32/h3-18,22,26H,1,19H2,2H3/b18-15+/t22-,26+/m1/s1. The number of aryl methyl sites for hydroxylation is 1. The first kappa shape index (κ1) is 23.1. The first-order chi connectivity index (χ1) is 16.8. The van der Waals surface area contributed by atoms with E-state index >= 15 is 0 Å². The number of hydrogen-bond donors (Lipinski definition) is 0. The number of fused-ring (bicyclic) bond motifs is 1. The second-order valence-electron chi connectivity index (χ2n) is 9.02. The Morgan fingerprint density at radius 1 is 0.886 bits per heavy atom. The SMILES string of the molecule is C=C[C@@H]1CN(S(=O)(=O)c2ccc(C)cc2)[C@@H](/C=C/c2ccccc2)C12C(=O)c1ccccc1C2=O. The molecular weight excluding hydrogens is 458 g/mol. The Labute approximate surface area is 205 Å². The molecule has 0 unspecified atom stereocenters. The van der Waals surface area contributed by atoms with Crippen LogP contribution in [0.5, 0.6) is 0 Å². The minimum absolute atomic E-state index is 0.0189. The fraction of sp³-hybridized carbons (Fsp3) is 0.172. The topological polar surface area (TPSA) is 71.5 Å². The highest BCUT2D eigenvalue weighted by atomic mass is 32.2. The third kappa shape index (κ3) is 3.44. The van der Waals surface area contributed by atoms with Crippen molar-refractivity contribution in [2.24, 2.45) is 11.3 Å². The molecule has 6 heteroatoms. The lowest BCUT2D eigenvalue weighted by molar-refractivity contribution is 0.0644. The van der Waals surface area contributed by atoms with E-state index in [9.17, 15) is 18.0 Å². The molecule has 0 amide bonds. The summed E-state index contributed by atoms with van der Waals surface area (Å²) in [6.07, 6.45) is 5.01. The fourth-order valence-electron chi connectivity index (χ4n) is 5.30. The Balaban J connectivity index is 1.71. The summed E-state index contributed by atoms with van der Waals surface area (Å²) in [5, 5.41) is 0. The van der Waals surface area contributed by atoms with Crippen molar-refractivity contribution in [3.05, 3.63) is 120 Å². The lowest BCUT2D eigenvalue weighted by atomic mass is 9.69. The van der Waals surface area contributed by atoms with Crippen LogP contribution >= 0.6 is 0 Å². The molecule has 0 N–H and O–H groups in total. The van der Waals surface area contributed by atoms with E-state index in [0.717, 1.165) is 11.1 Å². The molecule has 5 nitrogen and oxygen atoms in total. The van der Waals surface area contributed by atoms with Crippen molar-refractivity contribution in [1.82, 2.24) is 4.31 Å².